The Morgan fingerprint density at radius 3 is 2.70 bits per heavy atom. The summed E-state index contributed by atoms with van der Waals surface area (Å²) >= 11 is 10.8. The molecule has 2 aromatic rings. The SMILES string of the molecule is NC(=S)c1ccc(Cl)c(NC(=O)c2cncc(F)c2)c1. The van der Waals surface area contributed by atoms with Gasteiger partial charge in [0.15, 0.2) is 0 Å². The molecule has 2 rings (SSSR count). The van der Waals surface area contributed by atoms with E-state index in [1.54, 1.807) is 18.2 Å². The van der Waals surface area contributed by atoms with Gasteiger partial charge in [-0.05, 0) is 18.2 Å². The fourth-order valence-electron chi connectivity index (χ4n) is 1.50. The smallest absolute Gasteiger partial charge is 0.257 e. The van der Waals surface area contributed by atoms with Gasteiger partial charge in [0.1, 0.15) is 10.8 Å². The number of carbonyl (C=O) groups excluding carboxylic acids is 1. The summed E-state index contributed by atoms with van der Waals surface area (Å²) in [5.41, 5.74) is 6.50. The first-order chi connectivity index (χ1) is 9.47. The van der Waals surface area contributed by atoms with E-state index in [0.29, 0.717) is 16.3 Å². The minimum absolute atomic E-state index is 0.0850. The number of halogens is 2. The number of carbonyl (C=O) groups is 1. The van der Waals surface area contributed by atoms with E-state index in [4.69, 9.17) is 29.6 Å². The predicted molar refractivity (Wildman–Crippen MR) is 79.5 cm³/mol. The van der Waals surface area contributed by atoms with Gasteiger partial charge in [0.2, 0.25) is 0 Å². The Hall–Kier alpha value is -2.05. The predicted octanol–water partition coefficient (Wildman–Crippen LogP) is 2.76. The summed E-state index contributed by atoms with van der Waals surface area (Å²) in [6.07, 6.45) is 2.26. The zero-order valence-electron chi connectivity index (χ0n) is 10.1. The van der Waals surface area contributed by atoms with E-state index in [0.717, 1.165) is 12.3 Å². The fourth-order valence-corrected chi connectivity index (χ4v) is 1.80. The Labute approximate surface area is 124 Å². The van der Waals surface area contributed by atoms with Crippen molar-refractivity contribution in [3.63, 3.8) is 0 Å². The molecule has 20 heavy (non-hydrogen) atoms. The molecular weight excluding hydrogens is 301 g/mol. The average molecular weight is 310 g/mol. The molecule has 3 N–H and O–H groups in total. The summed E-state index contributed by atoms with van der Waals surface area (Å²) in [4.78, 5) is 15.7. The second-order valence-electron chi connectivity index (χ2n) is 3.90. The molecule has 0 saturated carbocycles. The van der Waals surface area contributed by atoms with Crippen molar-refractivity contribution in [1.29, 1.82) is 0 Å². The van der Waals surface area contributed by atoms with Crippen LogP contribution in [-0.2, 0) is 0 Å². The normalized spacial score (nSPS) is 10.1. The summed E-state index contributed by atoms with van der Waals surface area (Å²) < 4.78 is 13.0. The highest BCUT2D eigenvalue weighted by molar-refractivity contribution is 7.80. The van der Waals surface area contributed by atoms with Crippen molar-refractivity contribution >= 4 is 40.4 Å². The molecule has 0 aliphatic heterocycles. The number of thiocarbonyl (C=S) groups is 1. The second kappa shape index (κ2) is 5.94. The maximum atomic E-state index is 13.0. The van der Waals surface area contributed by atoms with Crippen LogP contribution in [0.4, 0.5) is 10.1 Å². The Bertz CT molecular complexity index is 693. The highest BCUT2D eigenvalue weighted by atomic mass is 35.5. The maximum absolute atomic E-state index is 13.0. The largest absolute Gasteiger partial charge is 0.389 e. The number of benzene rings is 1. The summed E-state index contributed by atoms with van der Waals surface area (Å²) in [5, 5.41) is 2.88. The number of hydrogen-bond donors (Lipinski definition) is 2. The van der Waals surface area contributed by atoms with Gasteiger partial charge in [0.25, 0.3) is 5.91 Å². The lowest BCUT2D eigenvalue weighted by Gasteiger charge is -2.09. The van der Waals surface area contributed by atoms with Gasteiger partial charge in [-0.15, -0.1) is 0 Å². The summed E-state index contributed by atoms with van der Waals surface area (Å²) in [6.45, 7) is 0. The van der Waals surface area contributed by atoms with E-state index in [9.17, 15) is 9.18 Å². The number of nitrogens with zero attached hydrogens (tertiary/aromatic N) is 1. The minimum Gasteiger partial charge on any atom is -0.389 e. The van der Waals surface area contributed by atoms with Crippen molar-refractivity contribution in [3.05, 3.63) is 58.6 Å². The lowest BCUT2D eigenvalue weighted by atomic mass is 10.2. The molecule has 1 aromatic carbocycles. The van der Waals surface area contributed by atoms with E-state index in [1.165, 1.54) is 6.20 Å². The molecule has 102 valence electrons. The van der Waals surface area contributed by atoms with Crippen molar-refractivity contribution < 1.29 is 9.18 Å². The van der Waals surface area contributed by atoms with E-state index < -0.39 is 11.7 Å². The Morgan fingerprint density at radius 1 is 1.30 bits per heavy atom. The van der Waals surface area contributed by atoms with Crippen LogP contribution in [0, 0.1) is 5.82 Å². The van der Waals surface area contributed by atoms with Crippen molar-refractivity contribution in [2.45, 2.75) is 0 Å². The van der Waals surface area contributed by atoms with Crippen LogP contribution < -0.4 is 11.1 Å². The maximum Gasteiger partial charge on any atom is 0.257 e. The van der Waals surface area contributed by atoms with Crippen LogP contribution in [0.2, 0.25) is 5.02 Å². The first kappa shape index (κ1) is 14.4. The zero-order chi connectivity index (χ0) is 14.7. The number of anilines is 1. The molecule has 0 aliphatic carbocycles. The van der Waals surface area contributed by atoms with Crippen LogP contribution in [0.5, 0.6) is 0 Å². The summed E-state index contributed by atoms with van der Waals surface area (Å²) in [5.74, 6) is -1.13. The third-order valence-corrected chi connectivity index (χ3v) is 3.03. The lowest BCUT2D eigenvalue weighted by molar-refractivity contribution is 0.102. The molecule has 1 amide bonds. The molecule has 4 nitrogen and oxygen atoms in total. The molecule has 0 spiro atoms. The van der Waals surface area contributed by atoms with Gasteiger partial charge < -0.3 is 11.1 Å². The quantitative estimate of drug-likeness (QED) is 0.856. The van der Waals surface area contributed by atoms with Crippen molar-refractivity contribution in [2.75, 3.05) is 5.32 Å². The Kier molecular flexibility index (Phi) is 4.26. The van der Waals surface area contributed by atoms with E-state index in [-0.39, 0.29) is 10.6 Å². The standard InChI is InChI=1S/C13H9ClFN3OS/c14-10-2-1-7(12(16)20)4-11(10)18-13(19)8-3-9(15)6-17-5-8/h1-6H,(H2,16,20)(H,18,19). The summed E-state index contributed by atoms with van der Waals surface area (Å²) in [7, 11) is 0. The highest BCUT2D eigenvalue weighted by Crippen LogP contribution is 2.23. The zero-order valence-corrected chi connectivity index (χ0v) is 11.6. The summed E-state index contributed by atoms with van der Waals surface area (Å²) in [6, 6.07) is 5.84. The van der Waals surface area contributed by atoms with Crippen LogP contribution in [-0.4, -0.2) is 15.9 Å². The Balaban J connectivity index is 2.27. The lowest BCUT2D eigenvalue weighted by Crippen LogP contribution is -2.14. The van der Waals surface area contributed by atoms with Gasteiger partial charge in [-0.2, -0.15) is 0 Å². The molecule has 0 atom stereocenters. The van der Waals surface area contributed by atoms with Gasteiger partial charge in [0, 0.05) is 11.8 Å². The number of hydrogen-bond acceptors (Lipinski definition) is 3. The van der Waals surface area contributed by atoms with Gasteiger partial charge in [-0.3, -0.25) is 9.78 Å². The monoisotopic (exact) mass is 309 g/mol. The van der Waals surface area contributed by atoms with Gasteiger partial charge in [-0.25, -0.2) is 4.39 Å². The van der Waals surface area contributed by atoms with E-state index >= 15 is 0 Å². The van der Waals surface area contributed by atoms with Gasteiger partial charge in [0.05, 0.1) is 22.5 Å². The van der Waals surface area contributed by atoms with Gasteiger partial charge >= 0.3 is 0 Å². The molecule has 1 aromatic heterocycles. The van der Waals surface area contributed by atoms with Gasteiger partial charge in [-0.1, -0.05) is 29.9 Å². The number of amides is 1. The number of rotatable bonds is 3. The first-order valence-electron chi connectivity index (χ1n) is 5.48. The van der Waals surface area contributed by atoms with Crippen molar-refractivity contribution in [3.8, 4) is 0 Å². The first-order valence-corrected chi connectivity index (χ1v) is 6.27. The average Bonchev–Trinajstić information content (AvgIpc) is 2.41. The molecule has 7 heteroatoms. The molecule has 1 heterocycles. The molecule has 0 saturated heterocycles. The third kappa shape index (κ3) is 3.28. The molecule has 0 fully saturated rings. The molecule has 0 aliphatic rings. The topological polar surface area (TPSA) is 68.0 Å². The van der Waals surface area contributed by atoms with Crippen molar-refractivity contribution in [2.24, 2.45) is 5.73 Å². The molecule has 0 bridgehead atoms. The third-order valence-electron chi connectivity index (χ3n) is 2.47. The molecule has 0 unspecified atom stereocenters. The highest BCUT2D eigenvalue weighted by Gasteiger charge is 2.11. The van der Waals surface area contributed by atoms with Crippen LogP contribution in [0.15, 0.2) is 36.7 Å². The van der Waals surface area contributed by atoms with E-state index in [2.05, 4.69) is 10.3 Å². The van der Waals surface area contributed by atoms with Crippen molar-refractivity contribution in [1.82, 2.24) is 4.98 Å². The minimum atomic E-state index is -0.597. The number of nitrogens with one attached hydrogen (secondary N) is 1. The number of nitrogens with two attached hydrogens (primary N) is 1. The second-order valence-corrected chi connectivity index (χ2v) is 4.75. The molecule has 0 radical (unpaired) electrons. The Morgan fingerprint density at radius 2 is 2.05 bits per heavy atom. The van der Waals surface area contributed by atoms with Crippen LogP contribution in [0.3, 0.4) is 0 Å². The number of pyridine rings is 1. The van der Waals surface area contributed by atoms with E-state index in [1.807, 2.05) is 0 Å². The van der Waals surface area contributed by atoms with Crippen LogP contribution >= 0.6 is 23.8 Å². The van der Waals surface area contributed by atoms with Crippen LogP contribution in [0.1, 0.15) is 15.9 Å². The number of aromatic nitrogens is 1. The fraction of sp³-hybridized carbons (Fsp3) is 0. The molecular formula is C13H9ClFN3OS. The van der Waals surface area contributed by atoms with Crippen LogP contribution in [0.25, 0.3) is 0 Å².